The molecule has 0 aliphatic heterocycles. The molecule has 3 aromatic rings. The molecule has 1 aliphatic rings. The molecule has 1 unspecified atom stereocenters. The smallest absolute Gasteiger partial charge is 0.248 e. The van der Waals surface area contributed by atoms with Crippen LogP contribution in [0.1, 0.15) is 42.2 Å². The van der Waals surface area contributed by atoms with Crippen molar-refractivity contribution in [3.8, 4) is 0 Å². The molecule has 0 spiro atoms. The first-order chi connectivity index (χ1) is 14.7. The van der Waals surface area contributed by atoms with Gasteiger partial charge in [-0.15, -0.1) is 11.3 Å². The Morgan fingerprint density at radius 1 is 0.933 bits per heavy atom. The van der Waals surface area contributed by atoms with E-state index in [1.807, 2.05) is 78.2 Å². The van der Waals surface area contributed by atoms with Gasteiger partial charge in [0.2, 0.25) is 11.8 Å². The van der Waals surface area contributed by atoms with Crippen LogP contribution in [-0.2, 0) is 16.0 Å². The lowest BCUT2D eigenvalue weighted by Gasteiger charge is -2.32. The van der Waals surface area contributed by atoms with Crippen molar-refractivity contribution in [3.63, 3.8) is 0 Å². The molecule has 5 heteroatoms. The van der Waals surface area contributed by atoms with E-state index >= 15 is 0 Å². The van der Waals surface area contributed by atoms with Crippen LogP contribution in [0.5, 0.6) is 0 Å². The third-order valence-corrected chi connectivity index (χ3v) is 6.41. The molecule has 0 radical (unpaired) electrons. The average molecular weight is 419 g/mol. The van der Waals surface area contributed by atoms with Crippen LogP contribution < -0.4 is 10.2 Å². The maximum atomic E-state index is 13.5. The van der Waals surface area contributed by atoms with Crippen LogP contribution in [-0.4, -0.2) is 17.9 Å². The van der Waals surface area contributed by atoms with Gasteiger partial charge in [0, 0.05) is 16.6 Å². The molecule has 0 bridgehead atoms. The maximum Gasteiger partial charge on any atom is 0.248 e. The van der Waals surface area contributed by atoms with E-state index in [1.54, 1.807) is 16.2 Å². The Morgan fingerprint density at radius 3 is 2.23 bits per heavy atom. The first-order valence-electron chi connectivity index (χ1n) is 10.5. The number of thiophene rings is 1. The van der Waals surface area contributed by atoms with Crippen molar-refractivity contribution in [3.05, 3.63) is 88.6 Å². The topological polar surface area (TPSA) is 49.4 Å². The van der Waals surface area contributed by atoms with Crippen molar-refractivity contribution in [2.45, 2.75) is 44.2 Å². The second-order valence-electron chi connectivity index (χ2n) is 7.66. The lowest BCUT2D eigenvalue weighted by molar-refractivity contribution is -0.127. The number of hydrogen-bond donors (Lipinski definition) is 1. The summed E-state index contributed by atoms with van der Waals surface area (Å²) in [6, 6.07) is 22.5. The number of para-hydroxylation sites is 1. The highest BCUT2D eigenvalue weighted by atomic mass is 32.1. The van der Waals surface area contributed by atoms with Gasteiger partial charge in [-0.3, -0.25) is 14.5 Å². The number of nitrogens with one attached hydrogen (secondary N) is 1. The SMILES string of the molecule is O=C(NC1CCCC1)C(c1ccccc1)N(C(=O)Cc1cccs1)c1ccccc1. The first-order valence-corrected chi connectivity index (χ1v) is 11.3. The zero-order chi connectivity index (χ0) is 20.8. The minimum Gasteiger partial charge on any atom is -0.351 e. The highest BCUT2D eigenvalue weighted by Crippen LogP contribution is 2.30. The largest absolute Gasteiger partial charge is 0.351 e. The Bertz CT molecular complexity index is 951. The Kier molecular flexibility index (Phi) is 6.60. The highest BCUT2D eigenvalue weighted by Gasteiger charge is 2.34. The zero-order valence-electron chi connectivity index (χ0n) is 16.9. The Morgan fingerprint density at radius 2 is 1.60 bits per heavy atom. The van der Waals surface area contributed by atoms with E-state index in [0.29, 0.717) is 0 Å². The maximum absolute atomic E-state index is 13.5. The van der Waals surface area contributed by atoms with Gasteiger partial charge in [0.25, 0.3) is 0 Å². The molecule has 1 N–H and O–H groups in total. The number of benzene rings is 2. The molecule has 1 aromatic heterocycles. The van der Waals surface area contributed by atoms with E-state index in [2.05, 4.69) is 5.32 Å². The average Bonchev–Trinajstić information content (AvgIpc) is 3.47. The Balaban J connectivity index is 1.71. The molecule has 1 fully saturated rings. The molecule has 4 nitrogen and oxygen atoms in total. The van der Waals surface area contributed by atoms with Crippen LogP contribution in [0.4, 0.5) is 5.69 Å². The normalized spacial score (nSPS) is 14.9. The Labute approximate surface area is 181 Å². The lowest BCUT2D eigenvalue weighted by Crippen LogP contribution is -2.46. The summed E-state index contributed by atoms with van der Waals surface area (Å²) in [7, 11) is 0. The molecule has 1 saturated carbocycles. The van der Waals surface area contributed by atoms with Crippen molar-refractivity contribution >= 4 is 28.8 Å². The van der Waals surface area contributed by atoms with Gasteiger partial charge in [0.1, 0.15) is 6.04 Å². The van der Waals surface area contributed by atoms with Gasteiger partial charge < -0.3 is 5.32 Å². The lowest BCUT2D eigenvalue weighted by atomic mass is 10.0. The zero-order valence-corrected chi connectivity index (χ0v) is 17.7. The van der Waals surface area contributed by atoms with Crippen LogP contribution >= 0.6 is 11.3 Å². The molecule has 30 heavy (non-hydrogen) atoms. The molecule has 2 aromatic carbocycles. The number of amides is 2. The van der Waals surface area contributed by atoms with E-state index in [9.17, 15) is 9.59 Å². The summed E-state index contributed by atoms with van der Waals surface area (Å²) >= 11 is 1.56. The molecule has 1 aliphatic carbocycles. The summed E-state index contributed by atoms with van der Waals surface area (Å²) in [6.45, 7) is 0. The monoisotopic (exact) mass is 418 g/mol. The van der Waals surface area contributed by atoms with Crippen molar-refractivity contribution in [1.29, 1.82) is 0 Å². The number of anilines is 1. The van der Waals surface area contributed by atoms with Gasteiger partial charge in [0.15, 0.2) is 0 Å². The van der Waals surface area contributed by atoms with E-state index in [-0.39, 0.29) is 24.3 Å². The summed E-state index contributed by atoms with van der Waals surface area (Å²) in [5.41, 5.74) is 1.55. The fourth-order valence-electron chi connectivity index (χ4n) is 4.08. The molecule has 0 saturated heterocycles. The molecule has 4 rings (SSSR count). The predicted octanol–water partition coefficient (Wildman–Crippen LogP) is 5.12. The third kappa shape index (κ3) is 4.79. The van der Waals surface area contributed by atoms with E-state index in [1.165, 1.54) is 0 Å². The van der Waals surface area contributed by atoms with E-state index < -0.39 is 6.04 Å². The van der Waals surface area contributed by atoms with Crippen LogP contribution in [0.15, 0.2) is 78.2 Å². The number of nitrogens with zero attached hydrogens (tertiary/aromatic N) is 1. The van der Waals surface area contributed by atoms with Crippen molar-refractivity contribution < 1.29 is 9.59 Å². The summed E-state index contributed by atoms with van der Waals surface area (Å²) in [5.74, 6) is -0.199. The number of hydrogen-bond acceptors (Lipinski definition) is 3. The van der Waals surface area contributed by atoms with Crippen molar-refractivity contribution in [2.24, 2.45) is 0 Å². The van der Waals surface area contributed by atoms with Crippen LogP contribution in [0.2, 0.25) is 0 Å². The van der Waals surface area contributed by atoms with Gasteiger partial charge >= 0.3 is 0 Å². The quantitative estimate of drug-likeness (QED) is 0.579. The number of carbonyl (C=O) groups is 2. The Hall–Kier alpha value is -2.92. The second kappa shape index (κ2) is 9.72. The van der Waals surface area contributed by atoms with Gasteiger partial charge in [-0.1, -0.05) is 67.4 Å². The molecule has 1 atom stereocenters. The summed E-state index contributed by atoms with van der Waals surface area (Å²) in [6.07, 6.45) is 4.55. The summed E-state index contributed by atoms with van der Waals surface area (Å²) < 4.78 is 0. The second-order valence-corrected chi connectivity index (χ2v) is 8.69. The summed E-state index contributed by atoms with van der Waals surface area (Å²) in [4.78, 5) is 29.7. The fourth-order valence-corrected chi connectivity index (χ4v) is 4.77. The standard InChI is InChI=1S/C25H26N2O2S/c28-23(18-22-16-9-17-30-22)27(21-14-5-2-6-15-21)24(19-10-3-1-4-11-19)25(29)26-20-12-7-8-13-20/h1-6,9-11,14-17,20,24H,7-8,12-13,18H2,(H,26,29). The molecule has 154 valence electrons. The first kappa shape index (κ1) is 20.4. The fraction of sp³-hybridized carbons (Fsp3) is 0.280. The third-order valence-electron chi connectivity index (χ3n) is 5.53. The van der Waals surface area contributed by atoms with Crippen LogP contribution in [0.3, 0.4) is 0 Å². The molecule has 1 heterocycles. The van der Waals surface area contributed by atoms with Gasteiger partial charge in [-0.2, -0.15) is 0 Å². The van der Waals surface area contributed by atoms with Crippen molar-refractivity contribution in [2.75, 3.05) is 4.90 Å². The summed E-state index contributed by atoms with van der Waals surface area (Å²) in [5, 5.41) is 5.18. The minimum atomic E-state index is -0.707. The van der Waals surface area contributed by atoms with Crippen LogP contribution in [0, 0.1) is 0 Å². The van der Waals surface area contributed by atoms with Gasteiger partial charge in [0.05, 0.1) is 6.42 Å². The number of carbonyl (C=O) groups excluding carboxylic acids is 2. The van der Waals surface area contributed by atoms with Crippen LogP contribution in [0.25, 0.3) is 0 Å². The molecular weight excluding hydrogens is 392 g/mol. The van der Waals surface area contributed by atoms with E-state index in [4.69, 9.17) is 0 Å². The van der Waals surface area contributed by atoms with Gasteiger partial charge in [-0.25, -0.2) is 0 Å². The molecular formula is C25H26N2O2S. The van der Waals surface area contributed by atoms with E-state index in [0.717, 1.165) is 41.8 Å². The minimum absolute atomic E-state index is 0.0842. The highest BCUT2D eigenvalue weighted by molar-refractivity contribution is 7.10. The predicted molar refractivity (Wildman–Crippen MR) is 122 cm³/mol. The molecule has 2 amide bonds. The number of rotatable bonds is 7. The van der Waals surface area contributed by atoms with Crippen molar-refractivity contribution in [1.82, 2.24) is 5.32 Å². The van der Waals surface area contributed by atoms with Gasteiger partial charge in [-0.05, 0) is 42.0 Å².